The molecule has 4 rings (SSSR count). The van der Waals surface area contributed by atoms with Gasteiger partial charge in [0.2, 0.25) is 15.7 Å². The van der Waals surface area contributed by atoms with Crippen molar-refractivity contribution in [3.05, 3.63) is 35.9 Å². The SMILES string of the molecule is CC1CN(c2nc(C(F)(F)F)nc3c(S(=O)(=O)c4ccccc4F)c(N)[nH]c23)CCO1. The number of nitrogen functional groups attached to an aromatic ring is 1. The van der Waals surface area contributed by atoms with Gasteiger partial charge in [-0.15, -0.1) is 0 Å². The third kappa shape index (κ3) is 3.67. The number of rotatable bonds is 3. The Morgan fingerprint density at radius 3 is 2.61 bits per heavy atom. The van der Waals surface area contributed by atoms with E-state index in [0.717, 1.165) is 12.1 Å². The van der Waals surface area contributed by atoms with Gasteiger partial charge in [0.15, 0.2) is 5.82 Å². The molecule has 13 heteroatoms. The summed E-state index contributed by atoms with van der Waals surface area (Å²) in [5, 5.41) is 0. The van der Waals surface area contributed by atoms with Crippen molar-refractivity contribution in [3.8, 4) is 0 Å². The quantitative estimate of drug-likeness (QED) is 0.579. The predicted octanol–water partition coefficient (Wildman–Crippen LogP) is 2.76. The van der Waals surface area contributed by atoms with Crippen LogP contribution in [0.25, 0.3) is 11.0 Å². The molecular weight excluding hydrogens is 442 g/mol. The van der Waals surface area contributed by atoms with Gasteiger partial charge in [-0.2, -0.15) is 13.2 Å². The summed E-state index contributed by atoms with van der Waals surface area (Å²) < 4.78 is 86.5. The van der Waals surface area contributed by atoms with Crippen molar-refractivity contribution >= 4 is 32.5 Å². The average Bonchev–Trinajstić information content (AvgIpc) is 3.03. The zero-order valence-electron chi connectivity index (χ0n) is 16.1. The summed E-state index contributed by atoms with van der Waals surface area (Å²) in [4.78, 5) is 9.75. The molecular formula is C18H17F4N5O3S. The largest absolute Gasteiger partial charge is 0.451 e. The molecule has 31 heavy (non-hydrogen) atoms. The first-order valence-corrected chi connectivity index (χ1v) is 10.6. The Labute approximate surface area is 174 Å². The van der Waals surface area contributed by atoms with Crippen LogP contribution in [0.4, 0.5) is 29.2 Å². The lowest BCUT2D eigenvalue weighted by Crippen LogP contribution is -2.42. The molecule has 0 spiro atoms. The molecule has 1 atom stereocenters. The number of anilines is 2. The number of ether oxygens (including phenoxy) is 1. The van der Waals surface area contributed by atoms with Crippen LogP contribution in [0.3, 0.4) is 0 Å². The van der Waals surface area contributed by atoms with E-state index in [1.165, 1.54) is 17.0 Å². The van der Waals surface area contributed by atoms with Gasteiger partial charge in [-0.3, -0.25) is 0 Å². The van der Waals surface area contributed by atoms with E-state index in [0.29, 0.717) is 0 Å². The molecule has 0 bridgehead atoms. The summed E-state index contributed by atoms with van der Waals surface area (Å²) in [6.07, 6.45) is -5.24. The fourth-order valence-corrected chi connectivity index (χ4v) is 5.00. The normalized spacial score (nSPS) is 18.0. The van der Waals surface area contributed by atoms with Crippen LogP contribution in [0.15, 0.2) is 34.1 Å². The minimum Gasteiger partial charge on any atom is -0.384 e. The highest BCUT2D eigenvalue weighted by Crippen LogP contribution is 2.39. The van der Waals surface area contributed by atoms with Crippen LogP contribution in [0.2, 0.25) is 0 Å². The minimum atomic E-state index is -4.95. The van der Waals surface area contributed by atoms with Gasteiger partial charge in [-0.05, 0) is 19.1 Å². The number of fused-ring (bicyclic) bond motifs is 1. The third-order valence-corrected chi connectivity index (χ3v) is 6.66. The Balaban J connectivity index is 2.01. The summed E-state index contributed by atoms with van der Waals surface area (Å²) in [6, 6.07) is 4.50. The molecule has 1 aliphatic heterocycles. The highest BCUT2D eigenvalue weighted by Gasteiger charge is 2.39. The Morgan fingerprint density at radius 2 is 1.97 bits per heavy atom. The van der Waals surface area contributed by atoms with E-state index in [1.54, 1.807) is 6.92 Å². The minimum absolute atomic E-state index is 0.0884. The molecule has 1 saturated heterocycles. The van der Waals surface area contributed by atoms with Gasteiger partial charge in [-0.1, -0.05) is 12.1 Å². The standard InChI is InChI=1S/C18H17F4N5O3S/c1-9-8-27(6-7-30-9)16-13-12(25-17(26-16)18(20,21)22)14(15(23)24-13)31(28,29)11-5-3-2-4-10(11)19/h2-5,9,24H,6-8,23H2,1H3. The summed E-state index contributed by atoms with van der Waals surface area (Å²) >= 11 is 0. The van der Waals surface area contributed by atoms with Crippen molar-refractivity contribution < 1.29 is 30.7 Å². The number of benzene rings is 1. The highest BCUT2D eigenvalue weighted by atomic mass is 32.2. The van der Waals surface area contributed by atoms with Gasteiger partial charge in [0.25, 0.3) is 0 Å². The number of aromatic nitrogens is 3. The first kappa shape index (κ1) is 21.3. The molecule has 0 aliphatic carbocycles. The van der Waals surface area contributed by atoms with Crippen LogP contribution in [0.1, 0.15) is 12.7 Å². The van der Waals surface area contributed by atoms with Crippen LogP contribution in [0.5, 0.6) is 0 Å². The van der Waals surface area contributed by atoms with Crippen LogP contribution in [-0.2, 0) is 20.8 Å². The first-order valence-electron chi connectivity index (χ1n) is 9.12. The molecule has 166 valence electrons. The number of hydrogen-bond acceptors (Lipinski definition) is 7. The molecule has 0 amide bonds. The molecule has 0 saturated carbocycles. The fourth-order valence-electron chi connectivity index (χ4n) is 3.46. The summed E-state index contributed by atoms with van der Waals surface area (Å²) in [5.74, 6) is -3.22. The molecule has 0 radical (unpaired) electrons. The monoisotopic (exact) mass is 459 g/mol. The number of nitrogens with two attached hydrogens (primary N) is 1. The van der Waals surface area contributed by atoms with E-state index in [2.05, 4.69) is 15.0 Å². The number of hydrogen-bond donors (Lipinski definition) is 2. The molecule has 3 aromatic rings. The summed E-state index contributed by atoms with van der Waals surface area (Å²) in [5.41, 5.74) is 5.22. The smallest absolute Gasteiger partial charge is 0.384 e. The molecule has 2 aromatic heterocycles. The van der Waals surface area contributed by atoms with E-state index in [1.807, 2.05) is 0 Å². The number of halogens is 4. The van der Waals surface area contributed by atoms with Crippen LogP contribution in [-0.4, -0.2) is 49.2 Å². The van der Waals surface area contributed by atoms with Crippen molar-refractivity contribution in [3.63, 3.8) is 0 Å². The molecule has 3 heterocycles. The van der Waals surface area contributed by atoms with Crippen molar-refractivity contribution in [1.82, 2.24) is 15.0 Å². The number of alkyl halides is 3. The lowest BCUT2D eigenvalue weighted by atomic mass is 10.3. The summed E-state index contributed by atoms with van der Waals surface area (Å²) in [7, 11) is -4.64. The number of morpholine rings is 1. The van der Waals surface area contributed by atoms with Gasteiger partial charge in [0.05, 0.1) is 12.7 Å². The maximum absolute atomic E-state index is 14.2. The topological polar surface area (TPSA) is 114 Å². The lowest BCUT2D eigenvalue weighted by Gasteiger charge is -2.32. The zero-order chi connectivity index (χ0) is 22.6. The summed E-state index contributed by atoms with van der Waals surface area (Å²) in [6.45, 7) is 2.43. The first-order chi connectivity index (χ1) is 14.5. The molecule has 1 aliphatic rings. The van der Waals surface area contributed by atoms with Crippen molar-refractivity contribution in [2.24, 2.45) is 0 Å². The maximum atomic E-state index is 14.2. The van der Waals surface area contributed by atoms with Crippen molar-refractivity contribution in [2.75, 3.05) is 30.3 Å². The number of aromatic amines is 1. The number of nitrogens with zero attached hydrogens (tertiary/aromatic N) is 3. The van der Waals surface area contributed by atoms with E-state index in [-0.39, 0.29) is 37.1 Å². The molecule has 3 N–H and O–H groups in total. The van der Waals surface area contributed by atoms with Crippen LogP contribution in [0, 0.1) is 5.82 Å². The van der Waals surface area contributed by atoms with Gasteiger partial charge in [0, 0.05) is 13.1 Å². The number of sulfone groups is 1. The van der Waals surface area contributed by atoms with Crippen LogP contribution < -0.4 is 10.6 Å². The number of H-pyrrole nitrogens is 1. The molecule has 1 unspecified atom stereocenters. The van der Waals surface area contributed by atoms with Crippen LogP contribution >= 0.6 is 0 Å². The Bertz CT molecular complexity index is 1260. The van der Waals surface area contributed by atoms with Gasteiger partial charge in [-0.25, -0.2) is 22.8 Å². The lowest BCUT2D eigenvalue weighted by molar-refractivity contribution is -0.144. The van der Waals surface area contributed by atoms with E-state index >= 15 is 0 Å². The van der Waals surface area contributed by atoms with Gasteiger partial charge >= 0.3 is 6.18 Å². The molecule has 1 aromatic carbocycles. The Hall–Kier alpha value is -2.93. The third-order valence-electron chi connectivity index (χ3n) is 4.80. The molecule has 1 fully saturated rings. The zero-order valence-corrected chi connectivity index (χ0v) is 16.9. The van der Waals surface area contributed by atoms with E-state index < -0.39 is 48.8 Å². The fraction of sp³-hybridized carbons (Fsp3) is 0.333. The van der Waals surface area contributed by atoms with Gasteiger partial charge < -0.3 is 20.4 Å². The number of nitrogens with one attached hydrogen (secondary N) is 1. The van der Waals surface area contributed by atoms with Crippen molar-refractivity contribution in [1.29, 1.82) is 0 Å². The Morgan fingerprint density at radius 1 is 1.26 bits per heavy atom. The van der Waals surface area contributed by atoms with Gasteiger partial charge in [0.1, 0.15) is 32.5 Å². The molecule has 8 nitrogen and oxygen atoms in total. The highest BCUT2D eigenvalue weighted by molar-refractivity contribution is 7.92. The van der Waals surface area contributed by atoms with Crippen molar-refractivity contribution in [2.45, 2.75) is 29.0 Å². The average molecular weight is 459 g/mol. The second-order valence-electron chi connectivity index (χ2n) is 7.02. The maximum Gasteiger partial charge on any atom is 0.451 e. The van der Waals surface area contributed by atoms with E-state index in [9.17, 15) is 26.0 Å². The second-order valence-corrected chi connectivity index (χ2v) is 8.88. The predicted molar refractivity (Wildman–Crippen MR) is 103 cm³/mol. The van der Waals surface area contributed by atoms with E-state index in [4.69, 9.17) is 10.5 Å². The second kappa shape index (κ2) is 7.34. The Kier molecular flexibility index (Phi) is 5.04.